The first kappa shape index (κ1) is 10.1. The fraction of sp³-hybridized carbons (Fsp3) is 0.286. The van der Waals surface area contributed by atoms with E-state index in [-0.39, 0.29) is 11.4 Å². The minimum absolute atomic E-state index is 0.0723. The molecule has 0 spiro atoms. The average molecular weight is 303 g/mol. The topological polar surface area (TPSA) is 12.9 Å². The predicted molar refractivity (Wildman–Crippen MR) is 51.5 cm³/mol. The van der Waals surface area contributed by atoms with Crippen LogP contribution in [-0.2, 0) is 5.88 Å². The highest BCUT2D eigenvalue weighted by Gasteiger charge is 2.14. The van der Waals surface area contributed by atoms with Gasteiger partial charge in [0, 0.05) is 27.4 Å². The fourth-order valence-corrected chi connectivity index (χ4v) is 1.99. The minimum atomic E-state index is -2.50. The molecule has 1 rings (SSSR count). The van der Waals surface area contributed by atoms with Crippen LogP contribution in [0.3, 0.4) is 0 Å². The first-order valence-electron chi connectivity index (χ1n) is 3.13. The van der Waals surface area contributed by atoms with Crippen molar-refractivity contribution in [3.63, 3.8) is 0 Å². The molecule has 1 aromatic heterocycles. The molecular weight excluding hydrogens is 298 g/mol. The van der Waals surface area contributed by atoms with Crippen molar-refractivity contribution >= 4 is 34.2 Å². The minimum Gasteiger partial charge on any atom is -0.263 e. The molecule has 0 N–H and O–H groups in total. The molecule has 0 atom stereocenters. The van der Waals surface area contributed by atoms with Crippen molar-refractivity contribution in [1.29, 1.82) is 0 Å². The van der Waals surface area contributed by atoms with Gasteiger partial charge in [-0.05, 0) is 28.2 Å². The van der Waals surface area contributed by atoms with Crippen molar-refractivity contribution in [2.24, 2.45) is 0 Å². The van der Waals surface area contributed by atoms with Crippen molar-refractivity contribution in [3.8, 4) is 0 Å². The van der Waals surface area contributed by atoms with Crippen LogP contribution in [0.2, 0.25) is 0 Å². The van der Waals surface area contributed by atoms with Gasteiger partial charge >= 0.3 is 0 Å². The zero-order valence-electron chi connectivity index (χ0n) is 5.90. The molecule has 5 heteroatoms. The standard InChI is InChI=1S/C7H5ClF2IN/c8-1-4-5(7(9)10)2-12-3-6(4)11/h2-3,7H,1H2. The van der Waals surface area contributed by atoms with E-state index in [0.717, 1.165) is 6.20 Å². The molecule has 0 saturated heterocycles. The summed E-state index contributed by atoms with van der Waals surface area (Å²) in [6.07, 6.45) is 0.176. The Balaban J connectivity index is 3.18. The van der Waals surface area contributed by atoms with Crippen LogP contribution in [-0.4, -0.2) is 4.98 Å². The van der Waals surface area contributed by atoms with Crippen molar-refractivity contribution in [1.82, 2.24) is 4.98 Å². The van der Waals surface area contributed by atoms with E-state index in [9.17, 15) is 8.78 Å². The van der Waals surface area contributed by atoms with Crippen LogP contribution in [0.15, 0.2) is 12.4 Å². The Morgan fingerprint density at radius 2 is 2.17 bits per heavy atom. The normalized spacial score (nSPS) is 10.8. The highest BCUT2D eigenvalue weighted by atomic mass is 127. The third kappa shape index (κ3) is 2.04. The van der Waals surface area contributed by atoms with Crippen LogP contribution in [0.1, 0.15) is 17.6 Å². The van der Waals surface area contributed by atoms with Gasteiger partial charge in [-0.2, -0.15) is 0 Å². The second-order valence-electron chi connectivity index (χ2n) is 2.12. The zero-order valence-corrected chi connectivity index (χ0v) is 8.81. The van der Waals surface area contributed by atoms with E-state index in [1.54, 1.807) is 0 Å². The van der Waals surface area contributed by atoms with Crippen LogP contribution < -0.4 is 0 Å². The molecule has 0 fully saturated rings. The number of aromatic nitrogens is 1. The summed E-state index contributed by atoms with van der Waals surface area (Å²) in [6, 6.07) is 0. The van der Waals surface area contributed by atoms with Gasteiger partial charge in [-0.1, -0.05) is 0 Å². The molecule has 1 aromatic rings. The lowest BCUT2D eigenvalue weighted by Crippen LogP contribution is -1.96. The van der Waals surface area contributed by atoms with E-state index in [2.05, 4.69) is 4.98 Å². The van der Waals surface area contributed by atoms with Gasteiger partial charge in [0.25, 0.3) is 6.43 Å². The number of rotatable bonds is 2. The van der Waals surface area contributed by atoms with Gasteiger partial charge in [0.2, 0.25) is 0 Å². The molecule has 0 aliphatic rings. The summed E-state index contributed by atoms with van der Waals surface area (Å²) in [5.41, 5.74) is 0.402. The lowest BCUT2D eigenvalue weighted by atomic mass is 10.2. The molecule has 1 heterocycles. The van der Waals surface area contributed by atoms with Crippen molar-refractivity contribution in [3.05, 3.63) is 27.1 Å². The van der Waals surface area contributed by atoms with Gasteiger partial charge in [-0.15, -0.1) is 11.6 Å². The van der Waals surface area contributed by atoms with Crippen LogP contribution >= 0.6 is 34.2 Å². The molecule has 0 unspecified atom stereocenters. The fourth-order valence-electron chi connectivity index (χ4n) is 0.806. The van der Waals surface area contributed by atoms with Gasteiger partial charge in [-0.25, -0.2) is 8.78 Å². The lowest BCUT2D eigenvalue weighted by Gasteiger charge is -2.06. The van der Waals surface area contributed by atoms with Crippen LogP contribution in [0, 0.1) is 3.57 Å². The highest BCUT2D eigenvalue weighted by molar-refractivity contribution is 14.1. The van der Waals surface area contributed by atoms with E-state index in [1.807, 2.05) is 22.6 Å². The molecule has 0 aliphatic carbocycles. The second kappa shape index (κ2) is 4.32. The number of halogens is 4. The predicted octanol–water partition coefficient (Wildman–Crippen LogP) is 3.36. The van der Waals surface area contributed by atoms with Crippen molar-refractivity contribution in [2.45, 2.75) is 12.3 Å². The summed E-state index contributed by atoms with van der Waals surface area (Å²) in [4.78, 5) is 3.67. The Morgan fingerprint density at radius 3 is 2.58 bits per heavy atom. The third-order valence-corrected chi connectivity index (χ3v) is 2.60. The summed E-state index contributed by atoms with van der Waals surface area (Å²) in [5, 5.41) is 0. The Bertz CT molecular complexity index is 280. The number of nitrogens with zero attached hydrogens (tertiary/aromatic N) is 1. The number of hydrogen-bond donors (Lipinski definition) is 0. The van der Waals surface area contributed by atoms with Crippen molar-refractivity contribution in [2.75, 3.05) is 0 Å². The molecule has 1 nitrogen and oxygen atoms in total. The Labute approximate surface area is 87.3 Å². The molecule has 0 bridgehead atoms. The SMILES string of the molecule is FC(F)c1cncc(I)c1CCl. The molecule has 0 amide bonds. The zero-order chi connectivity index (χ0) is 9.14. The maximum absolute atomic E-state index is 12.3. The van der Waals surface area contributed by atoms with E-state index in [4.69, 9.17) is 11.6 Å². The van der Waals surface area contributed by atoms with Gasteiger partial charge in [0.15, 0.2) is 0 Å². The summed E-state index contributed by atoms with van der Waals surface area (Å²) < 4.78 is 25.3. The maximum atomic E-state index is 12.3. The molecule has 0 radical (unpaired) electrons. The molecule has 66 valence electrons. The van der Waals surface area contributed by atoms with Crippen molar-refractivity contribution < 1.29 is 8.78 Å². The van der Waals surface area contributed by atoms with Gasteiger partial charge in [0.05, 0.1) is 0 Å². The number of pyridine rings is 1. The first-order chi connectivity index (χ1) is 5.66. The molecular formula is C7H5ClF2IN. The smallest absolute Gasteiger partial charge is 0.263 e. The average Bonchev–Trinajstić information content (AvgIpc) is 2.03. The third-order valence-electron chi connectivity index (χ3n) is 1.41. The van der Waals surface area contributed by atoms with E-state index in [0.29, 0.717) is 9.13 Å². The largest absolute Gasteiger partial charge is 0.265 e. The van der Waals surface area contributed by atoms with Gasteiger partial charge in [-0.3, -0.25) is 4.98 Å². The van der Waals surface area contributed by atoms with Gasteiger partial charge < -0.3 is 0 Å². The summed E-state index contributed by atoms with van der Waals surface area (Å²) >= 11 is 7.45. The first-order valence-corrected chi connectivity index (χ1v) is 4.74. The monoisotopic (exact) mass is 303 g/mol. The summed E-state index contributed by atoms with van der Waals surface area (Å²) in [6.45, 7) is 0. The molecule has 0 aromatic carbocycles. The Morgan fingerprint density at radius 1 is 1.50 bits per heavy atom. The second-order valence-corrected chi connectivity index (χ2v) is 3.55. The number of hydrogen-bond acceptors (Lipinski definition) is 1. The Kier molecular flexibility index (Phi) is 3.64. The maximum Gasteiger partial charge on any atom is 0.265 e. The molecule has 12 heavy (non-hydrogen) atoms. The van der Waals surface area contributed by atoms with Crippen LogP contribution in [0.25, 0.3) is 0 Å². The quantitative estimate of drug-likeness (QED) is 0.603. The summed E-state index contributed by atoms with van der Waals surface area (Å²) in [7, 11) is 0. The van der Waals surface area contributed by atoms with E-state index in [1.165, 1.54) is 6.20 Å². The lowest BCUT2D eigenvalue weighted by molar-refractivity contribution is 0.150. The van der Waals surface area contributed by atoms with E-state index < -0.39 is 6.43 Å². The van der Waals surface area contributed by atoms with Crippen LogP contribution in [0.5, 0.6) is 0 Å². The van der Waals surface area contributed by atoms with Crippen LogP contribution in [0.4, 0.5) is 8.78 Å². The molecule has 0 aliphatic heterocycles. The summed E-state index contributed by atoms with van der Waals surface area (Å²) in [5.74, 6) is 0.0977. The molecule has 0 saturated carbocycles. The van der Waals surface area contributed by atoms with E-state index >= 15 is 0 Å². The number of alkyl halides is 3. The Hall–Kier alpha value is 0.0300. The van der Waals surface area contributed by atoms with Gasteiger partial charge in [0.1, 0.15) is 0 Å². The highest BCUT2D eigenvalue weighted by Crippen LogP contribution is 2.26.